The maximum atomic E-state index is 13.3. The maximum absolute atomic E-state index is 13.3. The van der Waals surface area contributed by atoms with Crippen LogP contribution in [-0.2, 0) is 11.3 Å². The first-order valence-corrected chi connectivity index (χ1v) is 11.0. The van der Waals surface area contributed by atoms with E-state index in [0.717, 1.165) is 10.0 Å². The molecule has 0 fully saturated rings. The summed E-state index contributed by atoms with van der Waals surface area (Å²) in [4.78, 5) is 26.0. The Labute approximate surface area is 197 Å². The quantitative estimate of drug-likeness (QED) is 0.271. The Bertz CT molecular complexity index is 1350. The molecule has 0 aliphatic carbocycles. The third-order valence-electron chi connectivity index (χ3n) is 4.75. The highest BCUT2D eigenvalue weighted by molar-refractivity contribution is 9.10. The average molecular weight is 514 g/mol. The third-order valence-corrected chi connectivity index (χ3v) is 5.52. The minimum atomic E-state index is -0.699. The molecular weight excluding hydrogens is 496 g/mol. The minimum absolute atomic E-state index is 0.140. The molecule has 32 heavy (non-hydrogen) atoms. The molecule has 0 saturated carbocycles. The molecule has 0 aliphatic heterocycles. The summed E-state index contributed by atoms with van der Waals surface area (Å²) in [5.41, 5.74) is 1.54. The van der Waals surface area contributed by atoms with Crippen molar-refractivity contribution in [2.45, 2.75) is 13.5 Å². The number of carbonyl (C=O) groups is 1. The molecule has 0 atom stereocenters. The van der Waals surface area contributed by atoms with Crippen molar-refractivity contribution < 1.29 is 18.7 Å². The van der Waals surface area contributed by atoms with Crippen molar-refractivity contribution in [3.63, 3.8) is 0 Å². The zero-order valence-corrected chi connectivity index (χ0v) is 19.4. The number of hydrogen-bond acceptors (Lipinski definition) is 5. The van der Waals surface area contributed by atoms with Crippen molar-refractivity contribution in [1.29, 1.82) is 0 Å². The lowest BCUT2D eigenvalue weighted by Gasteiger charge is -2.11. The van der Waals surface area contributed by atoms with Gasteiger partial charge in [0.05, 0.1) is 17.6 Å². The second-order valence-electron chi connectivity index (χ2n) is 6.94. The number of rotatable bonds is 6. The molecule has 0 amide bonds. The molecule has 0 N–H and O–H groups in total. The summed E-state index contributed by atoms with van der Waals surface area (Å²) in [6.07, 6.45) is 0. The summed E-state index contributed by atoms with van der Waals surface area (Å²) >= 11 is 9.39. The minimum Gasteiger partial charge on any atom is -0.489 e. The Morgan fingerprint density at radius 3 is 2.56 bits per heavy atom. The molecule has 162 valence electrons. The molecule has 0 radical (unpaired) electrons. The van der Waals surface area contributed by atoms with Gasteiger partial charge in [-0.2, -0.15) is 0 Å². The average Bonchev–Trinajstić information content (AvgIpc) is 2.78. The van der Waals surface area contributed by atoms with Crippen LogP contribution in [0.3, 0.4) is 0 Å². The van der Waals surface area contributed by atoms with Crippen molar-refractivity contribution in [2.75, 3.05) is 6.61 Å². The number of ether oxygens (including phenoxy) is 2. The van der Waals surface area contributed by atoms with Crippen LogP contribution in [0.25, 0.3) is 22.1 Å². The van der Waals surface area contributed by atoms with E-state index in [1.807, 2.05) is 18.2 Å². The molecule has 7 heteroatoms. The zero-order valence-electron chi connectivity index (χ0n) is 17.1. The predicted octanol–water partition coefficient (Wildman–Crippen LogP) is 6.63. The summed E-state index contributed by atoms with van der Waals surface area (Å²) in [5, 5.41) is 0.959. The molecule has 3 aromatic carbocycles. The van der Waals surface area contributed by atoms with Crippen LogP contribution >= 0.6 is 27.5 Å². The fourth-order valence-corrected chi connectivity index (χ4v) is 3.75. The smallest absolute Gasteiger partial charge is 0.375 e. The summed E-state index contributed by atoms with van der Waals surface area (Å²) in [5.74, 6) is -0.347. The largest absolute Gasteiger partial charge is 0.489 e. The number of fused-ring (bicyclic) bond motifs is 1. The van der Waals surface area contributed by atoms with Crippen LogP contribution in [0.2, 0.25) is 5.02 Å². The van der Waals surface area contributed by atoms with E-state index in [0.29, 0.717) is 21.7 Å². The molecule has 4 rings (SSSR count). The number of benzene rings is 3. The highest BCUT2D eigenvalue weighted by Crippen LogP contribution is 2.29. The molecule has 1 heterocycles. The van der Waals surface area contributed by atoms with Gasteiger partial charge in [0.25, 0.3) is 0 Å². The monoisotopic (exact) mass is 512 g/mol. The molecule has 0 spiro atoms. The van der Waals surface area contributed by atoms with E-state index in [9.17, 15) is 9.59 Å². The van der Waals surface area contributed by atoms with Crippen LogP contribution < -0.4 is 10.2 Å². The molecule has 0 bridgehead atoms. The van der Waals surface area contributed by atoms with Gasteiger partial charge in [0, 0.05) is 15.6 Å². The molecule has 4 aromatic rings. The number of hydrogen-bond donors (Lipinski definition) is 0. The van der Waals surface area contributed by atoms with E-state index in [-0.39, 0.29) is 35.5 Å². The lowest BCUT2D eigenvalue weighted by Crippen LogP contribution is -2.15. The van der Waals surface area contributed by atoms with Crippen LogP contribution in [-0.4, -0.2) is 12.6 Å². The van der Waals surface area contributed by atoms with E-state index in [1.165, 1.54) is 0 Å². The first-order valence-electron chi connectivity index (χ1n) is 9.87. The van der Waals surface area contributed by atoms with Crippen LogP contribution in [0.1, 0.15) is 23.0 Å². The number of halogens is 2. The van der Waals surface area contributed by atoms with E-state index in [2.05, 4.69) is 15.9 Å². The van der Waals surface area contributed by atoms with Gasteiger partial charge < -0.3 is 13.9 Å². The fraction of sp³-hybridized carbons (Fsp3) is 0.120. The molecule has 0 saturated heterocycles. The third kappa shape index (κ3) is 4.71. The van der Waals surface area contributed by atoms with Crippen molar-refractivity contribution in [3.05, 3.63) is 97.8 Å². The molecule has 1 aromatic heterocycles. The summed E-state index contributed by atoms with van der Waals surface area (Å²) < 4.78 is 17.7. The number of esters is 1. The summed E-state index contributed by atoms with van der Waals surface area (Å²) in [6.45, 7) is 2.14. The highest BCUT2D eigenvalue weighted by atomic mass is 79.9. The topological polar surface area (TPSA) is 65.7 Å². The lowest BCUT2D eigenvalue weighted by molar-refractivity contribution is 0.0492. The Kier molecular flexibility index (Phi) is 6.63. The fourth-order valence-electron chi connectivity index (χ4n) is 3.28. The normalized spacial score (nSPS) is 10.8. The van der Waals surface area contributed by atoms with E-state index in [4.69, 9.17) is 25.5 Å². The second-order valence-corrected chi connectivity index (χ2v) is 8.29. The predicted molar refractivity (Wildman–Crippen MR) is 127 cm³/mol. The molecule has 5 nitrogen and oxygen atoms in total. The zero-order chi connectivity index (χ0) is 22.7. The van der Waals surface area contributed by atoms with E-state index in [1.54, 1.807) is 55.5 Å². The first-order chi connectivity index (χ1) is 15.5. The molecular formula is C25H18BrClO5. The van der Waals surface area contributed by atoms with Gasteiger partial charge in [-0.05, 0) is 54.4 Å². The Hall–Kier alpha value is -3.09. The first kappa shape index (κ1) is 22.1. The Morgan fingerprint density at radius 1 is 1.06 bits per heavy atom. The summed E-state index contributed by atoms with van der Waals surface area (Å²) in [7, 11) is 0. The van der Waals surface area contributed by atoms with Gasteiger partial charge in [-0.1, -0.05) is 51.8 Å². The Balaban J connectivity index is 1.77. The van der Waals surface area contributed by atoms with Gasteiger partial charge >= 0.3 is 5.97 Å². The molecule has 0 aliphatic rings. The van der Waals surface area contributed by atoms with Crippen molar-refractivity contribution in [1.82, 2.24) is 0 Å². The lowest BCUT2D eigenvalue weighted by atomic mass is 10.0. The SMILES string of the molecule is CCOC(=O)c1oc2cc(OCc3cccc(Cl)c3)ccc2c(=O)c1-c1ccc(Br)cc1. The van der Waals surface area contributed by atoms with Crippen molar-refractivity contribution >= 4 is 44.5 Å². The van der Waals surface area contributed by atoms with E-state index < -0.39 is 5.97 Å². The van der Waals surface area contributed by atoms with Crippen molar-refractivity contribution in [2.24, 2.45) is 0 Å². The van der Waals surface area contributed by atoms with Crippen LogP contribution in [0, 0.1) is 0 Å². The van der Waals surface area contributed by atoms with Crippen LogP contribution in [0.15, 0.2) is 80.4 Å². The maximum Gasteiger partial charge on any atom is 0.375 e. The van der Waals surface area contributed by atoms with Gasteiger partial charge in [-0.25, -0.2) is 4.79 Å². The van der Waals surface area contributed by atoms with Gasteiger partial charge in [-0.3, -0.25) is 4.79 Å². The van der Waals surface area contributed by atoms with Crippen LogP contribution in [0.5, 0.6) is 5.75 Å². The number of carbonyl (C=O) groups excluding carboxylic acids is 1. The van der Waals surface area contributed by atoms with Crippen LogP contribution in [0.4, 0.5) is 0 Å². The second kappa shape index (κ2) is 9.59. The van der Waals surface area contributed by atoms with Crippen molar-refractivity contribution in [3.8, 4) is 16.9 Å². The molecule has 0 unspecified atom stereocenters. The standard InChI is InChI=1S/C25H18BrClO5/c1-2-30-25(29)24-22(16-6-8-17(26)9-7-16)23(28)20-11-10-19(13-21(20)32-24)31-14-15-4-3-5-18(27)12-15/h3-13H,2,14H2,1H3. The summed E-state index contributed by atoms with van der Waals surface area (Å²) in [6, 6.07) is 19.3. The van der Waals surface area contributed by atoms with Gasteiger partial charge in [0.2, 0.25) is 11.2 Å². The highest BCUT2D eigenvalue weighted by Gasteiger charge is 2.23. The van der Waals surface area contributed by atoms with E-state index >= 15 is 0 Å². The van der Waals surface area contributed by atoms with Gasteiger partial charge in [-0.15, -0.1) is 0 Å². The Morgan fingerprint density at radius 2 is 1.84 bits per heavy atom. The van der Waals surface area contributed by atoms with Gasteiger partial charge in [0.15, 0.2) is 0 Å². The van der Waals surface area contributed by atoms with Gasteiger partial charge in [0.1, 0.15) is 17.9 Å².